The molecule has 0 heterocycles. The van der Waals surface area contributed by atoms with Gasteiger partial charge >= 0.3 is 0 Å². The molecule has 1 unspecified atom stereocenters. The van der Waals surface area contributed by atoms with E-state index < -0.39 is 0 Å². The van der Waals surface area contributed by atoms with Gasteiger partial charge in [-0.1, -0.05) is 61.8 Å². The zero-order valence-electron chi connectivity index (χ0n) is 11.3. The van der Waals surface area contributed by atoms with Crippen LogP contribution in [0.2, 0.25) is 0 Å². The van der Waals surface area contributed by atoms with Crippen molar-refractivity contribution in [1.29, 1.82) is 0 Å². The molecule has 0 bridgehead atoms. The molecule has 2 heteroatoms. The van der Waals surface area contributed by atoms with Gasteiger partial charge in [-0.05, 0) is 35.9 Å². The predicted octanol–water partition coefficient (Wildman–Crippen LogP) is 4.43. The zero-order valence-corrected chi connectivity index (χ0v) is 12.9. The molecule has 0 saturated carbocycles. The molecular formula is C15H24BrN. The van der Waals surface area contributed by atoms with Crippen LogP contribution in [-0.2, 0) is 0 Å². The summed E-state index contributed by atoms with van der Waals surface area (Å²) in [6, 6.07) is 8.56. The molecule has 0 fully saturated rings. The molecule has 0 aliphatic carbocycles. The van der Waals surface area contributed by atoms with Gasteiger partial charge in [0.15, 0.2) is 0 Å². The minimum Gasteiger partial charge on any atom is -0.316 e. The van der Waals surface area contributed by atoms with E-state index in [1.54, 1.807) is 0 Å². The largest absolute Gasteiger partial charge is 0.316 e. The average molecular weight is 298 g/mol. The van der Waals surface area contributed by atoms with Crippen LogP contribution in [0.5, 0.6) is 0 Å². The van der Waals surface area contributed by atoms with Gasteiger partial charge < -0.3 is 5.32 Å². The fourth-order valence-corrected chi connectivity index (χ4v) is 2.59. The molecule has 0 saturated heterocycles. The highest BCUT2D eigenvalue weighted by Crippen LogP contribution is 2.29. The Kier molecular flexibility index (Phi) is 6.21. The predicted molar refractivity (Wildman–Crippen MR) is 79.4 cm³/mol. The lowest BCUT2D eigenvalue weighted by atomic mass is 9.88. The maximum Gasteiger partial charge on any atom is 0.0210 e. The van der Waals surface area contributed by atoms with E-state index in [0.29, 0.717) is 17.8 Å². The topological polar surface area (TPSA) is 12.0 Å². The smallest absolute Gasteiger partial charge is 0.0210 e. The summed E-state index contributed by atoms with van der Waals surface area (Å²) in [5.74, 6) is 1.93. The third-order valence-electron chi connectivity index (χ3n) is 3.03. The first-order chi connectivity index (χ1) is 8.02. The molecule has 1 aromatic carbocycles. The molecule has 1 atom stereocenters. The highest BCUT2D eigenvalue weighted by molar-refractivity contribution is 9.10. The summed E-state index contributed by atoms with van der Waals surface area (Å²) in [7, 11) is 0. The van der Waals surface area contributed by atoms with Crippen molar-refractivity contribution in [3.63, 3.8) is 0 Å². The molecule has 96 valence electrons. The van der Waals surface area contributed by atoms with Gasteiger partial charge in [0.2, 0.25) is 0 Å². The highest BCUT2D eigenvalue weighted by Gasteiger charge is 2.17. The molecule has 1 rings (SSSR count). The summed E-state index contributed by atoms with van der Waals surface area (Å²) in [4.78, 5) is 0. The van der Waals surface area contributed by atoms with Gasteiger partial charge in [0.25, 0.3) is 0 Å². The van der Waals surface area contributed by atoms with Crippen LogP contribution in [0.1, 0.15) is 39.2 Å². The van der Waals surface area contributed by atoms with Crippen LogP contribution < -0.4 is 5.32 Å². The van der Waals surface area contributed by atoms with E-state index in [1.165, 1.54) is 10.0 Å². The fraction of sp³-hybridized carbons (Fsp3) is 0.600. The maximum absolute atomic E-state index is 3.66. The van der Waals surface area contributed by atoms with Crippen molar-refractivity contribution >= 4 is 15.9 Å². The molecule has 1 nitrogen and oxygen atoms in total. The maximum atomic E-state index is 3.66. The van der Waals surface area contributed by atoms with Crippen molar-refractivity contribution in [3.05, 3.63) is 34.3 Å². The van der Waals surface area contributed by atoms with E-state index in [1.807, 2.05) is 0 Å². The molecule has 0 aliphatic rings. The Morgan fingerprint density at radius 1 is 1.06 bits per heavy atom. The Bertz CT molecular complexity index is 333. The normalized spacial score (nSPS) is 13.4. The number of benzene rings is 1. The molecule has 17 heavy (non-hydrogen) atoms. The molecule has 1 N–H and O–H groups in total. The zero-order chi connectivity index (χ0) is 12.8. The molecule has 0 amide bonds. The SMILES string of the molecule is CC(C)CNCC(c1ccccc1Br)C(C)C. The number of halogens is 1. The first kappa shape index (κ1) is 14.7. The lowest BCUT2D eigenvalue weighted by molar-refractivity contribution is 0.441. The highest BCUT2D eigenvalue weighted by atomic mass is 79.9. The lowest BCUT2D eigenvalue weighted by Gasteiger charge is -2.23. The second kappa shape index (κ2) is 7.17. The number of hydrogen-bond donors (Lipinski definition) is 1. The minimum absolute atomic E-state index is 0.573. The van der Waals surface area contributed by atoms with Gasteiger partial charge in [-0.2, -0.15) is 0 Å². The van der Waals surface area contributed by atoms with Crippen molar-refractivity contribution < 1.29 is 0 Å². The Balaban J connectivity index is 2.69. The van der Waals surface area contributed by atoms with Gasteiger partial charge in [0, 0.05) is 11.0 Å². The van der Waals surface area contributed by atoms with Crippen molar-refractivity contribution in [2.45, 2.75) is 33.6 Å². The lowest BCUT2D eigenvalue weighted by Crippen LogP contribution is -2.28. The minimum atomic E-state index is 0.573. The first-order valence-corrected chi connectivity index (χ1v) is 7.26. The standard InChI is InChI=1S/C15H24BrN/c1-11(2)9-17-10-14(12(3)4)13-7-5-6-8-15(13)16/h5-8,11-12,14,17H,9-10H2,1-4H3. The third kappa shape index (κ3) is 4.81. The summed E-state index contributed by atoms with van der Waals surface area (Å²) in [6.07, 6.45) is 0. The fourth-order valence-electron chi connectivity index (χ4n) is 2.01. The monoisotopic (exact) mass is 297 g/mol. The van der Waals surface area contributed by atoms with Crippen LogP contribution in [0.25, 0.3) is 0 Å². The van der Waals surface area contributed by atoms with Crippen LogP contribution in [0.3, 0.4) is 0 Å². The second-order valence-corrected chi connectivity index (χ2v) is 6.28. The van der Waals surface area contributed by atoms with Crippen LogP contribution in [0.4, 0.5) is 0 Å². The summed E-state index contributed by atoms with van der Waals surface area (Å²) in [5, 5.41) is 3.57. The van der Waals surface area contributed by atoms with Crippen molar-refractivity contribution in [2.24, 2.45) is 11.8 Å². The summed E-state index contributed by atoms with van der Waals surface area (Å²) in [6.45, 7) is 11.2. The van der Waals surface area contributed by atoms with Gasteiger partial charge in [0.05, 0.1) is 0 Å². The molecule has 1 aromatic rings. The second-order valence-electron chi connectivity index (χ2n) is 5.42. The first-order valence-electron chi connectivity index (χ1n) is 6.47. The van der Waals surface area contributed by atoms with E-state index in [2.05, 4.69) is 73.2 Å². The summed E-state index contributed by atoms with van der Waals surface area (Å²) in [5.41, 5.74) is 1.42. The Hall–Kier alpha value is -0.340. The van der Waals surface area contributed by atoms with Gasteiger partial charge in [-0.15, -0.1) is 0 Å². The van der Waals surface area contributed by atoms with E-state index in [0.717, 1.165) is 13.1 Å². The van der Waals surface area contributed by atoms with Crippen molar-refractivity contribution in [3.8, 4) is 0 Å². The summed E-state index contributed by atoms with van der Waals surface area (Å²) < 4.78 is 1.23. The van der Waals surface area contributed by atoms with Crippen molar-refractivity contribution in [2.75, 3.05) is 13.1 Å². The van der Waals surface area contributed by atoms with Gasteiger partial charge in [-0.25, -0.2) is 0 Å². The van der Waals surface area contributed by atoms with E-state index in [4.69, 9.17) is 0 Å². The number of nitrogens with one attached hydrogen (secondary N) is 1. The molecule has 0 aliphatic heterocycles. The van der Waals surface area contributed by atoms with Crippen LogP contribution in [0, 0.1) is 11.8 Å². The Labute approximate surface area is 114 Å². The Morgan fingerprint density at radius 3 is 2.24 bits per heavy atom. The van der Waals surface area contributed by atoms with E-state index in [-0.39, 0.29) is 0 Å². The average Bonchev–Trinajstić information content (AvgIpc) is 2.25. The van der Waals surface area contributed by atoms with Gasteiger partial charge in [0.1, 0.15) is 0 Å². The number of rotatable bonds is 6. The van der Waals surface area contributed by atoms with Crippen LogP contribution >= 0.6 is 15.9 Å². The van der Waals surface area contributed by atoms with Gasteiger partial charge in [-0.3, -0.25) is 0 Å². The van der Waals surface area contributed by atoms with Crippen LogP contribution in [0.15, 0.2) is 28.7 Å². The van der Waals surface area contributed by atoms with Crippen molar-refractivity contribution in [1.82, 2.24) is 5.32 Å². The molecule has 0 spiro atoms. The Morgan fingerprint density at radius 2 is 1.71 bits per heavy atom. The molecule has 0 radical (unpaired) electrons. The summed E-state index contributed by atoms with van der Waals surface area (Å²) >= 11 is 3.66. The quantitative estimate of drug-likeness (QED) is 0.819. The molecule has 0 aromatic heterocycles. The third-order valence-corrected chi connectivity index (χ3v) is 3.75. The molecular weight excluding hydrogens is 274 g/mol. The van der Waals surface area contributed by atoms with E-state index in [9.17, 15) is 0 Å². The number of hydrogen-bond acceptors (Lipinski definition) is 1. The van der Waals surface area contributed by atoms with Crippen LogP contribution in [-0.4, -0.2) is 13.1 Å². The van der Waals surface area contributed by atoms with E-state index >= 15 is 0 Å².